The molecule has 2 rings (SSSR count). The lowest BCUT2D eigenvalue weighted by Gasteiger charge is -2.19. The lowest BCUT2D eigenvalue weighted by atomic mass is 10.1. The first-order valence-electron chi connectivity index (χ1n) is 6.76. The fourth-order valence-corrected chi connectivity index (χ4v) is 2.13. The third-order valence-electron chi connectivity index (χ3n) is 3.47. The number of carbonyl (C=O) groups is 1. The molecule has 2 N–H and O–H groups in total. The van der Waals surface area contributed by atoms with Crippen LogP contribution < -0.4 is 10.6 Å². The molecule has 2 aromatic rings. The summed E-state index contributed by atoms with van der Waals surface area (Å²) in [5, 5.41) is 0. The Kier molecular flexibility index (Phi) is 4.08. The van der Waals surface area contributed by atoms with E-state index < -0.39 is 0 Å². The van der Waals surface area contributed by atoms with Crippen LogP contribution in [0.4, 0.5) is 11.4 Å². The fraction of sp³-hybridized carbons (Fsp3) is 0.235. The average molecular weight is 268 g/mol. The van der Waals surface area contributed by atoms with E-state index in [1.807, 2.05) is 43.3 Å². The Labute approximate surface area is 120 Å². The van der Waals surface area contributed by atoms with Gasteiger partial charge in [0.25, 0.3) is 5.91 Å². The lowest BCUT2D eigenvalue weighted by Crippen LogP contribution is -2.27. The minimum atomic E-state index is -0.0910. The molecule has 0 saturated heterocycles. The smallest absolute Gasteiger partial charge is 0.260 e. The van der Waals surface area contributed by atoms with E-state index in [2.05, 4.69) is 6.92 Å². The van der Waals surface area contributed by atoms with E-state index in [4.69, 9.17) is 5.73 Å². The van der Waals surface area contributed by atoms with Gasteiger partial charge in [-0.15, -0.1) is 0 Å². The molecule has 0 aromatic heterocycles. The monoisotopic (exact) mass is 268 g/mol. The molecule has 0 aliphatic rings. The molecule has 3 heteroatoms. The number of benzene rings is 2. The van der Waals surface area contributed by atoms with Gasteiger partial charge in [-0.3, -0.25) is 4.79 Å². The number of nitrogen functional groups attached to an aromatic ring is 1. The van der Waals surface area contributed by atoms with E-state index >= 15 is 0 Å². The maximum Gasteiger partial charge on any atom is 0.260 e. The number of nitrogens with two attached hydrogens (primary N) is 1. The first kappa shape index (κ1) is 14.1. The Morgan fingerprint density at radius 1 is 1.15 bits per heavy atom. The van der Waals surface area contributed by atoms with Crippen molar-refractivity contribution in [2.24, 2.45) is 0 Å². The molecule has 0 spiro atoms. The molecule has 0 aliphatic carbocycles. The molecule has 0 heterocycles. The van der Waals surface area contributed by atoms with Gasteiger partial charge in [-0.2, -0.15) is 0 Å². The molecule has 0 fully saturated rings. The van der Waals surface area contributed by atoms with Gasteiger partial charge in [-0.05, 0) is 48.7 Å². The highest BCUT2D eigenvalue weighted by Crippen LogP contribution is 2.20. The molecule has 20 heavy (non-hydrogen) atoms. The van der Waals surface area contributed by atoms with Gasteiger partial charge in [0.05, 0.1) is 5.56 Å². The summed E-state index contributed by atoms with van der Waals surface area (Å²) in [7, 11) is 1.77. The van der Waals surface area contributed by atoms with Crippen molar-refractivity contribution >= 4 is 17.3 Å². The van der Waals surface area contributed by atoms with Crippen LogP contribution in [0.5, 0.6) is 0 Å². The van der Waals surface area contributed by atoms with Gasteiger partial charge >= 0.3 is 0 Å². The van der Waals surface area contributed by atoms with E-state index in [1.165, 1.54) is 5.56 Å². The molecule has 0 radical (unpaired) electrons. The Morgan fingerprint density at radius 3 is 2.35 bits per heavy atom. The zero-order chi connectivity index (χ0) is 14.7. The van der Waals surface area contributed by atoms with Gasteiger partial charge < -0.3 is 10.6 Å². The molecular formula is C17H20N2O. The van der Waals surface area contributed by atoms with Crippen LogP contribution in [0.1, 0.15) is 28.4 Å². The van der Waals surface area contributed by atoms with E-state index in [9.17, 15) is 4.79 Å². The Balaban J connectivity index is 2.27. The summed E-state index contributed by atoms with van der Waals surface area (Å²) in [6.45, 7) is 4.06. The SMILES string of the molecule is CCc1ccc(N(C)C(=O)c2ccc(C)cc2N)cc1. The van der Waals surface area contributed by atoms with Crippen LogP contribution in [-0.2, 0) is 6.42 Å². The largest absolute Gasteiger partial charge is 0.398 e. The van der Waals surface area contributed by atoms with Crippen LogP contribution in [0, 0.1) is 6.92 Å². The highest BCUT2D eigenvalue weighted by Gasteiger charge is 2.15. The normalized spacial score (nSPS) is 10.3. The quantitative estimate of drug-likeness (QED) is 0.867. The Bertz CT molecular complexity index is 617. The summed E-state index contributed by atoms with van der Waals surface area (Å²) in [6.07, 6.45) is 0.989. The Hall–Kier alpha value is -2.29. The van der Waals surface area contributed by atoms with Crippen LogP contribution in [0.25, 0.3) is 0 Å². The second kappa shape index (κ2) is 5.78. The van der Waals surface area contributed by atoms with Crippen LogP contribution in [0.2, 0.25) is 0 Å². The van der Waals surface area contributed by atoms with Gasteiger partial charge in [0.2, 0.25) is 0 Å². The highest BCUT2D eigenvalue weighted by atomic mass is 16.2. The molecule has 0 atom stereocenters. The lowest BCUT2D eigenvalue weighted by molar-refractivity contribution is 0.0994. The third-order valence-corrected chi connectivity index (χ3v) is 3.47. The standard InChI is InChI=1S/C17H20N2O/c1-4-13-6-8-14(9-7-13)19(3)17(20)15-10-5-12(2)11-16(15)18/h5-11H,4,18H2,1-3H3. The van der Waals surface area contributed by atoms with Crippen molar-refractivity contribution in [3.8, 4) is 0 Å². The zero-order valence-electron chi connectivity index (χ0n) is 12.2. The number of amides is 1. The van der Waals surface area contributed by atoms with E-state index in [0.29, 0.717) is 11.3 Å². The number of carbonyl (C=O) groups excluding carboxylic acids is 1. The molecule has 0 bridgehead atoms. The molecule has 1 amide bonds. The number of nitrogens with zero attached hydrogens (tertiary/aromatic N) is 1. The van der Waals surface area contributed by atoms with Gasteiger partial charge in [-0.1, -0.05) is 25.1 Å². The maximum atomic E-state index is 12.5. The number of rotatable bonds is 3. The van der Waals surface area contributed by atoms with Gasteiger partial charge in [0.1, 0.15) is 0 Å². The maximum absolute atomic E-state index is 12.5. The van der Waals surface area contributed by atoms with E-state index in [1.54, 1.807) is 18.0 Å². The number of hydrogen-bond donors (Lipinski definition) is 1. The molecule has 0 unspecified atom stereocenters. The molecule has 104 valence electrons. The van der Waals surface area contributed by atoms with Crippen molar-refractivity contribution in [3.05, 3.63) is 59.2 Å². The van der Waals surface area contributed by atoms with Crippen molar-refractivity contribution < 1.29 is 4.79 Å². The zero-order valence-corrected chi connectivity index (χ0v) is 12.2. The van der Waals surface area contributed by atoms with E-state index in [-0.39, 0.29) is 5.91 Å². The van der Waals surface area contributed by atoms with Crippen LogP contribution in [-0.4, -0.2) is 13.0 Å². The minimum Gasteiger partial charge on any atom is -0.398 e. The van der Waals surface area contributed by atoms with Crippen molar-refractivity contribution in [3.63, 3.8) is 0 Å². The average Bonchev–Trinajstić information content (AvgIpc) is 2.46. The second-order valence-electron chi connectivity index (χ2n) is 4.97. The first-order chi connectivity index (χ1) is 9.52. The van der Waals surface area contributed by atoms with Crippen LogP contribution in [0.3, 0.4) is 0 Å². The van der Waals surface area contributed by atoms with Crippen LogP contribution >= 0.6 is 0 Å². The summed E-state index contributed by atoms with van der Waals surface area (Å²) in [5.74, 6) is -0.0910. The third kappa shape index (κ3) is 2.82. The molecular weight excluding hydrogens is 248 g/mol. The summed E-state index contributed by atoms with van der Waals surface area (Å²) < 4.78 is 0. The summed E-state index contributed by atoms with van der Waals surface area (Å²) in [5.41, 5.74) is 10.2. The van der Waals surface area contributed by atoms with Crippen molar-refractivity contribution in [2.75, 3.05) is 17.7 Å². The second-order valence-corrected chi connectivity index (χ2v) is 4.97. The predicted octanol–water partition coefficient (Wildman–Crippen LogP) is 3.42. The molecule has 0 saturated carbocycles. The van der Waals surface area contributed by atoms with Gasteiger partial charge in [-0.25, -0.2) is 0 Å². The summed E-state index contributed by atoms with van der Waals surface area (Å²) in [6, 6.07) is 13.5. The molecule has 2 aromatic carbocycles. The van der Waals surface area contributed by atoms with Gasteiger partial charge in [0.15, 0.2) is 0 Å². The molecule has 3 nitrogen and oxygen atoms in total. The number of anilines is 2. The minimum absolute atomic E-state index is 0.0910. The topological polar surface area (TPSA) is 46.3 Å². The van der Waals surface area contributed by atoms with Crippen LogP contribution in [0.15, 0.2) is 42.5 Å². The fourth-order valence-electron chi connectivity index (χ4n) is 2.13. The number of hydrogen-bond acceptors (Lipinski definition) is 2. The number of aryl methyl sites for hydroxylation is 2. The summed E-state index contributed by atoms with van der Waals surface area (Å²) >= 11 is 0. The summed E-state index contributed by atoms with van der Waals surface area (Å²) in [4.78, 5) is 14.1. The van der Waals surface area contributed by atoms with Crippen molar-refractivity contribution in [1.82, 2.24) is 0 Å². The van der Waals surface area contributed by atoms with E-state index in [0.717, 1.165) is 17.7 Å². The van der Waals surface area contributed by atoms with Crippen molar-refractivity contribution in [1.29, 1.82) is 0 Å². The van der Waals surface area contributed by atoms with Gasteiger partial charge in [0, 0.05) is 18.4 Å². The highest BCUT2D eigenvalue weighted by molar-refractivity contribution is 6.09. The first-order valence-corrected chi connectivity index (χ1v) is 6.76. The predicted molar refractivity (Wildman–Crippen MR) is 84.1 cm³/mol. The molecule has 0 aliphatic heterocycles. The Morgan fingerprint density at radius 2 is 1.80 bits per heavy atom. The van der Waals surface area contributed by atoms with Crippen molar-refractivity contribution in [2.45, 2.75) is 20.3 Å².